The van der Waals surface area contributed by atoms with E-state index < -0.39 is 17.9 Å². The molecular formula is C14H24N2O4. The third-order valence-electron chi connectivity index (χ3n) is 2.64. The quantitative estimate of drug-likeness (QED) is 0.552. The van der Waals surface area contributed by atoms with Crippen molar-refractivity contribution >= 4 is 17.8 Å². The molecule has 0 aromatic carbocycles. The normalized spacial score (nSPS) is 12.4. The highest BCUT2D eigenvalue weighted by atomic mass is 16.4. The van der Waals surface area contributed by atoms with E-state index in [4.69, 9.17) is 5.11 Å². The van der Waals surface area contributed by atoms with Crippen LogP contribution in [0.25, 0.3) is 0 Å². The average molecular weight is 284 g/mol. The molecule has 0 aliphatic rings. The van der Waals surface area contributed by atoms with E-state index in [9.17, 15) is 14.4 Å². The molecular weight excluding hydrogens is 260 g/mol. The zero-order chi connectivity index (χ0) is 15.5. The number of carbonyl (C=O) groups excluding carboxylic acids is 2. The number of hydrogen-bond acceptors (Lipinski definition) is 3. The van der Waals surface area contributed by atoms with Gasteiger partial charge < -0.3 is 15.7 Å². The van der Waals surface area contributed by atoms with Crippen molar-refractivity contribution in [3.05, 3.63) is 12.2 Å². The van der Waals surface area contributed by atoms with Crippen LogP contribution in [0.2, 0.25) is 0 Å². The molecule has 20 heavy (non-hydrogen) atoms. The summed E-state index contributed by atoms with van der Waals surface area (Å²) in [5.41, 5.74) is 0. The first-order chi connectivity index (χ1) is 9.36. The van der Waals surface area contributed by atoms with E-state index >= 15 is 0 Å². The van der Waals surface area contributed by atoms with Gasteiger partial charge >= 0.3 is 5.97 Å². The van der Waals surface area contributed by atoms with Crippen molar-refractivity contribution in [2.75, 3.05) is 6.54 Å². The summed E-state index contributed by atoms with van der Waals surface area (Å²) in [6.45, 7) is 5.60. The number of rotatable bonds is 9. The van der Waals surface area contributed by atoms with Crippen LogP contribution in [-0.4, -0.2) is 35.5 Å². The van der Waals surface area contributed by atoms with Gasteiger partial charge in [-0.05, 0) is 25.7 Å². The highest BCUT2D eigenvalue weighted by Gasteiger charge is 2.18. The first-order valence-electron chi connectivity index (χ1n) is 6.76. The average Bonchev–Trinajstić information content (AvgIpc) is 2.38. The molecule has 0 aromatic heterocycles. The van der Waals surface area contributed by atoms with Crippen LogP contribution in [0, 0.1) is 5.92 Å². The molecule has 1 unspecified atom stereocenters. The summed E-state index contributed by atoms with van der Waals surface area (Å²) >= 11 is 0. The fourth-order valence-electron chi connectivity index (χ4n) is 1.43. The summed E-state index contributed by atoms with van der Waals surface area (Å²) in [6, 6.07) is -0.966. The Morgan fingerprint density at radius 2 is 1.85 bits per heavy atom. The molecule has 0 aromatic rings. The summed E-state index contributed by atoms with van der Waals surface area (Å²) in [5, 5.41) is 13.8. The summed E-state index contributed by atoms with van der Waals surface area (Å²) in [4.78, 5) is 33.9. The van der Waals surface area contributed by atoms with Crippen molar-refractivity contribution < 1.29 is 19.5 Å². The minimum Gasteiger partial charge on any atom is -0.480 e. The molecule has 114 valence electrons. The number of hydrogen-bond donors (Lipinski definition) is 3. The van der Waals surface area contributed by atoms with Crippen molar-refractivity contribution in [1.82, 2.24) is 10.6 Å². The van der Waals surface area contributed by atoms with Gasteiger partial charge in [-0.1, -0.05) is 26.0 Å². The predicted octanol–water partition coefficient (Wildman–Crippen LogP) is 1.07. The highest BCUT2D eigenvalue weighted by molar-refractivity contribution is 5.87. The number of aliphatic carboxylic acids is 1. The zero-order valence-corrected chi connectivity index (χ0v) is 12.3. The molecule has 0 heterocycles. The molecule has 0 saturated heterocycles. The Morgan fingerprint density at radius 3 is 2.35 bits per heavy atom. The Bertz CT molecular complexity index is 364. The van der Waals surface area contributed by atoms with E-state index in [1.807, 2.05) is 13.8 Å². The maximum atomic E-state index is 11.6. The van der Waals surface area contributed by atoms with Crippen LogP contribution in [0.5, 0.6) is 0 Å². The van der Waals surface area contributed by atoms with Crippen LogP contribution in [0.3, 0.4) is 0 Å². The number of allylic oxidation sites excluding steroid dienone is 1. The van der Waals surface area contributed by atoms with Crippen molar-refractivity contribution in [2.45, 2.75) is 46.1 Å². The van der Waals surface area contributed by atoms with Gasteiger partial charge in [0.25, 0.3) is 0 Å². The smallest absolute Gasteiger partial charge is 0.326 e. The van der Waals surface area contributed by atoms with Gasteiger partial charge in [-0.25, -0.2) is 4.79 Å². The Morgan fingerprint density at radius 1 is 1.20 bits per heavy atom. The Labute approximate surface area is 119 Å². The SMILES string of the molecule is C/C=C/CC(NC(=O)CNC(=O)CCC(C)C)C(=O)O. The van der Waals surface area contributed by atoms with Crippen molar-refractivity contribution in [3.63, 3.8) is 0 Å². The Hall–Kier alpha value is -1.85. The maximum absolute atomic E-state index is 11.6. The van der Waals surface area contributed by atoms with Gasteiger partial charge in [-0.15, -0.1) is 0 Å². The summed E-state index contributed by atoms with van der Waals surface area (Å²) < 4.78 is 0. The second-order valence-corrected chi connectivity index (χ2v) is 4.97. The maximum Gasteiger partial charge on any atom is 0.326 e. The van der Waals surface area contributed by atoms with Crippen molar-refractivity contribution in [1.29, 1.82) is 0 Å². The van der Waals surface area contributed by atoms with Crippen LogP contribution in [0.15, 0.2) is 12.2 Å². The minimum absolute atomic E-state index is 0.198. The van der Waals surface area contributed by atoms with Gasteiger partial charge in [0.2, 0.25) is 11.8 Å². The van der Waals surface area contributed by atoms with Gasteiger partial charge in [0, 0.05) is 6.42 Å². The van der Waals surface area contributed by atoms with E-state index in [0.717, 1.165) is 6.42 Å². The van der Waals surface area contributed by atoms with Crippen LogP contribution < -0.4 is 10.6 Å². The zero-order valence-electron chi connectivity index (χ0n) is 12.3. The van der Waals surface area contributed by atoms with Crippen LogP contribution in [-0.2, 0) is 14.4 Å². The first-order valence-corrected chi connectivity index (χ1v) is 6.76. The summed E-state index contributed by atoms with van der Waals surface area (Å²) in [7, 11) is 0. The summed E-state index contributed by atoms with van der Waals surface area (Å²) in [6.07, 6.45) is 4.73. The third-order valence-corrected chi connectivity index (χ3v) is 2.64. The van der Waals surface area contributed by atoms with E-state index in [2.05, 4.69) is 10.6 Å². The van der Waals surface area contributed by atoms with E-state index in [1.54, 1.807) is 19.1 Å². The Kier molecular flexibility index (Phi) is 9.07. The number of carbonyl (C=O) groups is 3. The molecule has 0 fully saturated rings. The molecule has 0 aliphatic heterocycles. The van der Waals surface area contributed by atoms with Gasteiger partial charge in [0.1, 0.15) is 6.04 Å². The molecule has 0 saturated carbocycles. The standard InChI is InChI=1S/C14H24N2O4/c1-4-5-6-11(14(19)20)16-13(18)9-15-12(17)8-7-10(2)3/h4-5,10-11H,6-9H2,1-3H3,(H,15,17)(H,16,18)(H,19,20)/b5-4+. The largest absolute Gasteiger partial charge is 0.480 e. The lowest BCUT2D eigenvalue weighted by Crippen LogP contribution is -2.45. The molecule has 0 radical (unpaired) electrons. The number of carboxylic acid groups (broad SMARTS) is 1. The van der Waals surface area contributed by atoms with E-state index in [0.29, 0.717) is 12.3 Å². The number of carboxylic acids is 1. The lowest BCUT2D eigenvalue weighted by Gasteiger charge is -2.13. The van der Waals surface area contributed by atoms with Gasteiger partial charge in [0.05, 0.1) is 6.54 Å². The summed E-state index contributed by atoms with van der Waals surface area (Å²) in [5.74, 6) is -1.37. The highest BCUT2D eigenvalue weighted by Crippen LogP contribution is 2.02. The molecule has 1 atom stereocenters. The molecule has 0 rings (SSSR count). The molecule has 0 aliphatic carbocycles. The molecule has 3 N–H and O–H groups in total. The van der Waals surface area contributed by atoms with Gasteiger partial charge in [0.15, 0.2) is 0 Å². The number of nitrogens with one attached hydrogen (secondary N) is 2. The molecule has 0 bridgehead atoms. The lowest BCUT2D eigenvalue weighted by molar-refractivity contribution is -0.141. The fourth-order valence-corrected chi connectivity index (χ4v) is 1.43. The molecule has 2 amide bonds. The van der Waals surface area contributed by atoms with E-state index in [1.165, 1.54) is 0 Å². The predicted molar refractivity (Wildman–Crippen MR) is 76.1 cm³/mol. The topological polar surface area (TPSA) is 95.5 Å². The van der Waals surface area contributed by atoms with E-state index in [-0.39, 0.29) is 18.9 Å². The molecule has 0 spiro atoms. The lowest BCUT2D eigenvalue weighted by atomic mass is 10.1. The van der Waals surface area contributed by atoms with Gasteiger partial charge in [-0.3, -0.25) is 9.59 Å². The third kappa shape index (κ3) is 9.13. The van der Waals surface area contributed by atoms with Crippen LogP contribution in [0.1, 0.15) is 40.0 Å². The van der Waals surface area contributed by atoms with Crippen LogP contribution in [0.4, 0.5) is 0 Å². The van der Waals surface area contributed by atoms with Crippen LogP contribution >= 0.6 is 0 Å². The first kappa shape index (κ1) is 18.1. The number of amides is 2. The van der Waals surface area contributed by atoms with Crippen molar-refractivity contribution in [2.24, 2.45) is 5.92 Å². The fraction of sp³-hybridized carbons (Fsp3) is 0.643. The second kappa shape index (κ2) is 10.00. The molecule has 6 nitrogen and oxygen atoms in total. The second-order valence-electron chi connectivity index (χ2n) is 4.97. The molecule has 6 heteroatoms. The minimum atomic E-state index is -1.09. The van der Waals surface area contributed by atoms with Gasteiger partial charge in [-0.2, -0.15) is 0 Å². The Balaban J connectivity index is 4.07. The monoisotopic (exact) mass is 284 g/mol. The van der Waals surface area contributed by atoms with Crippen molar-refractivity contribution in [3.8, 4) is 0 Å².